The molecule has 0 radical (unpaired) electrons. The highest BCUT2D eigenvalue weighted by atomic mass is 19.1. The Bertz CT molecular complexity index is 1170. The molecule has 140 valence electrons. The molecule has 0 unspecified atom stereocenters. The Morgan fingerprint density at radius 1 is 1.04 bits per heavy atom. The van der Waals surface area contributed by atoms with E-state index < -0.39 is 17.5 Å². The van der Waals surface area contributed by atoms with Crippen LogP contribution < -0.4 is 5.32 Å². The summed E-state index contributed by atoms with van der Waals surface area (Å²) in [5.74, 6) is -1.87. The van der Waals surface area contributed by atoms with Crippen LogP contribution in [0.25, 0.3) is 16.9 Å². The van der Waals surface area contributed by atoms with Gasteiger partial charge in [0.1, 0.15) is 11.6 Å². The molecule has 0 aliphatic heterocycles. The fraction of sp³-hybridized carbons (Fsp3) is 0.100. The second-order valence-corrected chi connectivity index (χ2v) is 6.28. The topological polar surface area (TPSA) is 72.2 Å². The molecule has 0 atom stereocenters. The number of benzene rings is 2. The third-order valence-electron chi connectivity index (χ3n) is 4.25. The Kier molecular flexibility index (Phi) is 4.52. The number of hydrogen-bond acceptors (Lipinski definition) is 4. The van der Waals surface area contributed by atoms with Gasteiger partial charge in [0.15, 0.2) is 11.5 Å². The molecule has 0 aliphatic carbocycles. The standard InChI is InChI=1S/C20H15F2N5O/c1-12-2-4-13(5-3-12)17-8-9-18-24-25-19(27(18)26-17)11-23-20(28)15-10-14(21)6-7-16(15)22/h2-10H,11H2,1H3,(H,23,28). The third kappa shape index (κ3) is 3.44. The second kappa shape index (κ2) is 7.15. The summed E-state index contributed by atoms with van der Waals surface area (Å²) in [5.41, 5.74) is 2.93. The van der Waals surface area contributed by atoms with Crippen LogP contribution in [0.3, 0.4) is 0 Å². The molecule has 2 aromatic carbocycles. The zero-order chi connectivity index (χ0) is 19.7. The van der Waals surface area contributed by atoms with Crippen molar-refractivity contribution in [3.05, 3.63) is 83.2 Å². The summed E-state index contributed by atoms with van der Waals surface area (Å²) < 4.78 is 28.5. The first-order chi connectivity index (χ1) is 13.5. The molecule has 0 saturated carbocycles. The monoisotopic (exact) mass is 379 g/mol. The van der Waals surface area contributed by atoms with Crippen LogP contribution in [0.5, 0.6) is 0 Å². The van der Waals surface area contributed by atoms with Gasteiger partial charge < -0.3 is 5.32 Å². The van der Waals surface area contributed by atoms with E-state index in [9.17, 15) is 13.6 Å². The van der Waals surface area contributed by atoms with Crippen LogP contribution in [0, 0.1) is 18.6 Å². The fourth-order valence-electron chi connectivity index (χ4n) is 2.75. The number of halogens is 2. The van der Waals surface area contributed by atoms with Gasteiger partial charge in [-0.25, -0.2) is 8.78 Å². The van der Waals surface area contributed by atoms with Gasteiger partial charge >= 0.3 is 0 Å². The Hall–Kier alpha value is -3.68. The number of nitrogens with zero attached hydrogens (tertiary/aromatic N) is 4. The average molecular weight is 379 g/mol. The molecular formula is C20H15F2N5O. The van der Waals surface area contributed by atoms with E-state index in [0.717, 1.165) is 35.0 Å². The van der Waals surface area contributed by atoms with E-state index in [-0.39, 0.29) is 12.1 Å². The van der Waals surface area contributed by atoms with Gasteiger partial charge in [0, 0.05) is 5.56 Å². The lowest BCUT2D eigenvalue weighted by atomic mass is 10.1. The van der Waals surface area contributed by atoms with E-state index in [0.29, 0.717) is 11.5 Å². The van der Waals surface area contributed by atoms with Crippen molar-refractivity contribution in [3.8, 4) is 11.3 Å². The summed E-state index contributed by atoms with van der Waals surface area (Å²) >= 11 is 0. The second-order valence-electron chi connectivity index (χ2n) is 6.28. The molecule has 0 bridgehead atoms. The number of nitrogens with one attached hydrogen (secondary N) is 1. The maximum absolute atomic E-state index is 13.7. The largest absolute Gasteiger partial charge is 0.345 e. The molecule has 0 fully saturated rings. The molecule has 0 saturated heterocycles. The summed E-state index contributed by atoms with van der Waals surface area (Å²) in [5, 5.41) is 15.1. The Morgan fingerprint density at radius 3 is 2.61 bits per heavy atom. The van der Waals surface area contributed by atoms with Crippen molar-refractivity contribution in [2.75, 3.05) is 0 Å². The number of carbonyl (C=O) groups is 1. The highest BCUT2D eigenvalue weighted by Gasteiger charge is 2.15. The van der Waals surface area contributed by atoms with Crippen molar-refractivity contribution in [1.29, 1.82) is 0 Å². The minimum atomic E-state index is -0.801. The molecule has 8 heteroatoms. The first-order valence-corrected chi connectivity index (χ1v) is 8.53. The van der Waals surface area contributed by atoms with Crippen molar-refractivity contribution in [2.45, 2.75) is 13.5 Å². The van der Waals surface area contributed by atoms with E-state index >= 15 is 0 Å². The molecule has 0 aliphatic rings. The molecule has 4 aromatic rings. The smallest absolute Gasteiger partial charge is 0.254 e. The molecule has 2 heterocycles. The van der Waals surface area contributed by atoms with Crippen molar-refractivity contribution in [3.63, 3.8) is 0 Å². The molecular weight excluding hydrogens is 364 g/mol. The van der Waals surface area contributed by atoms with E-state index in [1.165, 1.54) is 4.52 Å². The zero-order valence-electron chi connectivity index (χ0n) is 14.9. The molecule has 6 nitrogen and oxygen atoms in total. The number of aromatic nitrogens is 4. The van der Waals surface area contributed by atoms with Crippen molar-refractivity contribution in [1.82, 2.24) is 25.1 Å². The molecule has 28 heavy (non-hydrogen) atoms. The molecule has 4 rings (SSSR count). The van der Waals surface area contributed by atoms with Crippen molar-refractivity contribution < 1.29 is 13.6 Å². The normalized spacial score (nSPS) is 11.0. The van der Waals surface area contributed by atoms with Crippen molar-refractivity contribution >= 4 is 11.6 Å². The Labute approximate surface area is 158 Å². The predicted octanol–water partition coefficient (Wildman–Crippen LogP) is 3.31. The molecule has 0 spiro atoms. The van der Waals surface area contributed by atoms with Crippen LogP contribution in [0.15, 0.2) is 54.6 Å². The van der Waals surface area contributed by atoms with E-state index in [2.05, 4.69) is 20.6 Å². The first kappa shape index (κ1) is 17.7. The van der Waals surface area contributed by atoms with Gasteiger partial charge in [0.25, 0.3) is 5.91 Å². The number of rotatable bonds is 4. The lowest BCUT2D eigenvalue weighted by molar-refractivity contribution is 0.0945. The van der Waals surface area contributed by atoms with Crippen LogP contribution in [-0.2, 0) is 6.54 Å². The molecule has 2 aromatic heterocycles. The summed E-state index contributed by atoms with van der Waals surface area (Å²) in [7, 11) is 0. The summed E-state index contributed by atoms with van der Waals surface area (Å²) in [6, 6.07) is 14.2. The summed E-state index contributed by atoms with van der Waals surface area (Å²) in [4.78, 5) is 12.2. The van der Waals surface area contributed by atoms with E-state index in [1.54, 1.807) is 6.07 Å². The van der Waals surface area contributed by atoms with E-state index in [1.807, 2.05) is 37.3 Å². The Morgan fingerprint density at radius 2 is 1.82 bits per heavy atom. The molecule has 1 N–H and O–H groups in total. The maximum Gasteiger partial charge on any atom is 0.254 e. The fourth-order valence-corrected chi connectivity index (χ4v) is 2.75. The van der Waals surface area contributed by atoms with Crippen LogP contribution >= 0.6 is 0 Å². The number of aryl methyl sites for hydroxylation is 1. The van der Waals surface area contributed by atoms with Crippen LogP contribution in [0.1, 0.15) is 21.7 Å². The molecule has 1 amide bonds. The van der Waals surface area contributed by atoms with Crippen LogP contribution in [0.2, 0.25) is 0 Å². The zero-order valence-corrected chi connectivity index (χ0v) is 14.9. The van der Waals surface area contributed by atoms with Crippen LogP contribution in [-0.4, -0.2) is 25.7 Å². The number of amides is 1. The van der Waals surface area contributed by atoms with E-state index in [4.69, 9.17) is 0 Å². The minimum Gasteiger partial charge on any atom is -0.345 e. The van der Waals surface area contributed by atoms with Gasteiger partial charge in [-0.15, -0.1) is 10.2 Å². The highest BCUT2D eigenvalue weighted by molar-refractivity contribution is 5.94. The first-order valence-electron chi connectivity index (χ1n) is 8.53. The lowest BCUT2D eigenvalue weighted by Gasteiger charge is -2.06. The Balaban J connectivity index is 1.59. The van der Waals surface area contributed by atoms with Gasteiger partial charge in [-0.3, -0.25) is 4.79 Å². The maximum atomic E-state index is 13.7. The summed E-state index contributed by atoms with van der Waals surface area (Å²) in [6.45, 7) is 1.96. The lowest BCUT2D eigenvalue weighted by Crippen LogP contribution is -2.25. The number of hydrogen-bond donors (Lipinski definition) is 1. The third-order valence-corrected chi connectivity index (χ3v) is 4.25. The highest BCUT2D eigenvalue weighted by Crippen LogP contribution is 2.18. The van der Waals surface area contributed by atoms with Crippen molar-refractivity contribution in [2.24, 2.45) is 0 Å². The predicted molar refractivity (Wildman–Crippen MR) is 98.5 cm³/mol. The van der Waals surface area contributed by atoms with Gasteiger partial charge in [-0.1, -0.05) is 29.8 Å². The van der Waals surface area contributed by atoms with Gasteiger partial charge in [-0.2, -0.15) is 9.61 Å². The summed E-state index contributed by atoms with van der Waals surface area (Å²) in [6.07, 6.45) is 0. The van der Waals surface area contributed by atoms with Crippen LogP contribution in [0.4, 0.5) is 8.78 Å². The number of carbonyl (C=O) groups excluding carboxylic acids is 1. The minimum absolute atomic E-state index is 0.0414. The SMILES string of the molecule is Cc1ccc(-c2ccc3nnc(CNC(=O)c4cc(F)ccc4F)n3n2)cc1. The van der Waals surface area contributed by atoms with Gasteiger partial charge in [-0.05, 0) is 37.3 Å². The quantitative estimate of drug-likeness (QED) is 0.591. The average Bonchev–Trinajstić information content (AvgIpc) is 3.11. The van der Waals surface area contributed by atoms with Gasteiger partial charge in [0.05, 0.1) is 17.8 Å². The number of fused-ring (bicyclic) bond motifs is 1. The van der Waals surface area contributed by atoms with Gasteiger partial charge in [0.2, 0.25) is 0 Å².